The molecule has 1 saturated heterocycles. The number of anilines is 2. The highest BCUT2D eigenvalue weighted by Crippen LogP contribution is 2.32. The van der Waals surface area contributed by atoms with E-state index in [1.807, 2.05) is 0 Å². The molecule has 1 unspecified atom stereocenters. The lowest BCUT2D eigenvalue weighted by molar-refractivity contribution is -0.122. The van der Waals surface area contributed by atoms with Gasteiger partial charge in [-0.1, -0.05) is 11.6 Å². The number of nitrogens with zero attached hydrogens (tertiary/aromatic N) is 1. The molecule has 1 atom stereocenters. The fraction of sp³-hybridized carbons (Fsp3) is 0.222. The first-order valence-corrected chi connectivity index (χ1v) is 8.16. The van der Waals surface area contributed by atoms with Gasteiger partial charge in [0.2, 0.25) is 11.8 Å². The van der Waals surface area contributed by atoms with Gasteiger partial charge in [0.1, 0.15) is 5.75 Å². The van der Waals surface area contributed by atoms with Crippen molar-refractivity contribution in [2.24, 2.45) is 5.92 Å². The zero-order chi connectivity index (χ0) is 18.8. The molecular weight excluding hydrogens is 366 g/mol. The Morgan fingerprint density at radius 1 is 1.23 bits per heavy atom. The van der Waals surface area contributed by atoms with E-state index in [4.69, 9.17) is 16.3 Å². The highest BCUT2D eigenvalue weighted by molar-refractivity contribution is 6.32. The molecule has 26 heavy (non-hydrogen) atoms. The van der Waals surface area contributed by atoms with E-state index in [-0.39, 0.29) is 24.6 Å². The maximum Gasteiger partial charge on any atom is 0.229 e. The van der Waals surface area contributed by atoms with Crippen molar-refractivity contribution in [3.63, 3.8) is 0 Å². The molecule has 0 saturated carbocycles. The van der Waals surface area contributed by atoms with Crippen LogP contribution in [-0.2, 0) is 9.59 Å². The average molecular weight is 381 g/mol. The Balaban J connectivity index is 1.71. The standard InChI is InChI=1S/C18H15ClF2N2O3/c1-26-16-5-3-12(8-13(16)19)23-9-10(6-17(23)24)18(25)22-11-2-4-14(20)15(21)7-11/h2-5,7-8,10H,6,9H2,1H3,(H,22,25). The van der Waals surface area contributed by atoms with Gasteiger partial charge in [-0.2, -0.15) is 0 Å². The first kappa shape index (κ1) is 18.1. The Hall–Kier alpha value is -2.67. The second-order valence-corrected chi connectivity index (χ2v) is 6.25. The summed E-state index contributed by atoms with van der Waals surface area (Å²) in [5.74, 6) is -2.85. The molecule has 8 heteroatoms. The van der Waals surface area contributed by atoms with Crippen molar-refractivity contribution in [3.8, 4) is 5.75 Å². The highest BCUT2D eigenvalue weighted by Gasteiger charge is 2.35. The number of methoxy groups -OCH3 is 1. The number of carbonyl (C=O) groups is 2. The predicted molar refractivity (Wildman–Crippen MR) is 93.5 cm³/mol. The number of nitrogens with one attached hydrogen (secondary N) is 1. The van der Waals surface area contributed by atoms with Crippen LogP contribution in [0.15, 0.2) is 36.4 Å². The summed E-state index contributed by atoms with van der Waals surface area (Å²) in [5.41, 5.74) is 0.691. The van der Waals surface area contributed by atoms with Crippen LogP contribution in [0.5, 0.6) is 5.75 Å². The molecule has 1 aliphatic heterocycles. The van der Waals surface area contributed by atoms with E-state index in [2.05, 4.69) is 5.32 Å². The fourth-order valence-electron chi connectivity index (χ4n) is 2.77. The third-order valence-corrected chi connectivity index (χ3v) is 4.43. The van der Waals surface area contributed by atoms with Gasteiger partial charge in [0.05, 0.1) is 18.1 Å². The van der Waals surface area contributed by atoms with Crippen molar-refractivity contribution in [2.75, 3.05) is 23.9 Å². The molecule has 2 aromatic carbocycles. The Morgan fingerprint density at radius 3 is 2.65 bits per heavy atom. The Morgan fingerprint density at radius 2 is 2.00 bits per heavy atom. The second-order valence-electron chi connectivity index (χ2n) is 5.84. The van der Waals surface area contributed by atoms with Gasteiger partial charge in [-0.15, -0.1) is 0 Å². The van der Waals surface area contributed by atoms with Gasteiger partial charge < -0.3 is 15.0 Å². The summed E-state index contributed by atoms with van der Waals surface area (Å²) in [5, 5.41) is 2.86. The van der Waals surface area contributed by atoms with Crippen LogP contribution in [0.1, 0.15) is 6.42 Å². The van der Waals surface area contributed by atoms with E-state index >= 15 is 0 Å². The van der Waals surface area contributed by atoms with Gasteiger partial charge in [0.15, 0.2) is 11.6 Å². The van der Waals surface area contributed by atoms with Crippen molar-refractivity contribution in [1.82, 2.24) is 0 Å². The monoisotopic (exact) mass is 380 g/mol. The number of carbonyl (C=O) groups excluding carboxylic acids is 2. The van der Waals surface area contributed by atoms with Gasteiger partial charge in [-0.05, 0) is 30.3 Å². The molecular formula is C18H15ClF2N2O3. The van der Waals surface area contributed by atoms with E-state index in [0.717, 1.165) is 12.1 Å². The lowest BCUT2D eigenvalue weighted by Gasteiger charge is -2.18. The first-order chi connectivity index (χ1) is 12.4. The summed E-state index contributed by atoms with van der Waals surface area (Å²) in [4.78, 5) is 26.1. The maximum atomic E-state index is 13.2. The van der Waals surface area contributed by atoms with E-state index < -0.39 is 23.5 Å². The molecule has 5 nitrogen and oxygen atoms in total. The third-order valence-electron chi connectivity index (χ3n) is 4.13. The Bertz CT molecular complexity index is 876. The predicted octanol–water partition coefficient (Wildman–Crippen LogP) is 3.62. The molecule has 0 radical (unpaired) electrons. The molecule has 0 aromatic heterocycles. The second kappa shape index (κ2) is 7.29. The number of hydrogen-bond acceptors (Lipinski definition) is 3. The van der Waals surface area contributed by atoms with Crippen LogP contribution in [0.4, 0.5) is 20.2 Å². The molecule has 0 aliphatic carbocycles. The topological polar surface area (TPSA) is 58.6 Å². The largest absolute Gasteiger partial charge is 0.495 e. The molecule has 1 fully saturated rings. The molecule has 1 N–H and O–H groups in total. The van der Waals surface area contributed by atoms with E-state index in [1.54, 1.807) is 18.2 Å². The Kier molecular flexibility index (Phi) is 5.08. The molecule has 1 heterocycles. The number of benzene rings is 2. The van der Waals surface area contributed by atoms with Gasteiger partial charge in [0, 0.05) is 30.4 Å². The highest BCUT2D eigenvalue weighted by atomic mass is 35.5. The van der Waals surface area contributed by atoms with Crippen molar-refractivity contribution in [1.29, 1.82) is 0 Å². The molecule has 0 bridgehead atoms. The van der Waals surface area contributed by atoms with Gasteiger partial charge in [-0.25, -0.2) is 8.78 Å². The minimum atomic E-state index is -1.06. The van der Waals surface area contributed by atoms with Gasteiger partial charge in [0.25, 0.3) is 0 Å². The zero-order valence-corrected chi connectivity index (χ0v) is 14.5. The SMILES string of the molecule is COc1ccc(N2CC(C(=O)Nc3ccc(F)c(F)c3)CC2=O)cc1Cl. The van der Waals surface area contributed by atoms with E-state index in [1.165, 1.54) is 18.1 Å². The number of amides is 2. The average Bonchev–Trinajstić information content (AvgIpc) is 3.00. The molecule has 136 valence electrons. The zero-order valence-electron chi connectivity index (χ0n) is 13.8. The van der Waals surface area contributed by atoms with Crippen LogP contribution < -0.4 is 15.0 Å². The number of halogens is 3. The van der Waals surface area contributed by atoms with Gasteiger partial charge in [-0.3, -0.25) is 9.59 Å². The van der Waals surface area contributed by atoms with Crippen molar-refractivity contribution >= 4 is 34.8 Å². The van der Waals surface area contributed by atoms with Gasteiger partial charge >= 0.3 is 0 Å². The third kappa shape index (κ3) is 3.62. The fourth-order valence-corrected chi connectivity index (χ4v) is 3.03. The van der Waals surface area contributed by atoms with E-state index in [0.29, 0.717) is 16.5 Å². The summed E-state index contributed by atoms with van der Waals surface area (Å²) >= 11 is 6.08. The lowest BCUT2D eigenvalue weighted by atomic mass is 10.1. The summed E-state index contributed by atoms with van der Waals surface area (Å²) in [6.07, 6.45) is 0.0131. The normalized spacial score (nSPS) is 16.7. The maximum absolute atomic E-state index is 13.2. The molecule has 1 aliphatic rings. The molecule has 2 amide bonds. The first-order valence-electron chi connectivity index (χ1n) is 7.79. The Labute approximate surface area is 153 Å². The summed E-state index contributed by atoms with van der Waals surface area (Å²) < 4.78 is 31.3. The number of ether oxygens (including phenoxy) is 1. The molecule has 3 rings (SSSR count). The van der Waals surface area contributed by atoms with Crippen LogP contribution in [0.25, 0.3) is 0 Å². The van der Waals surface area contributed by atoms with Crippen molar-refractivity contribution < 1.29 is 23.1 Å². The quantitative estimate of drug-likeness (QED) is 0.881. The van der Waals surface area contributed by atoms with Crippen LogP contribution in [0.3, 0.4) is 0 Å². The van der Waals surface area contributed by atoms with Crippen molar-refractivity contribution in [2.45, 2.75) is 6.42 Å². The number of rotatable bonds is 4. The minimum Gasteiger partial charge on any atom is -0.495 e. The van der Waals surface area contributed by atoms with Crippen molar-refractivity contribution in [3.05, 3.63) is 53.1 Å². The summed E-state index contributed by atoms with van der Waals surface area (Å²) in [6.45, 7) is 0.164. The smallest absolute Gasteiger partial charge is 0.229 e. The summed E-state index contributed by atoms with van der Waals surface area (Å²) in [7, 11) is 1.49. The van der Waals surface area contributed by atoms with Crippen LogP contribution in [-0.4, -0.2) is 25.5 Å². The minimum absolute atomic E-state index is 0.0131. The van der Waals surface area contributed by atoms with Crippen LogP contribution in [0.2, 0.25) is 5.02 Å². The molecule has 0 spiro atoms. The van der Waals surface area contributed by atoms with Crippen LogP contribution >= 0.6 is 11.6 Å². The molecule has 2 aromatic rings. The van der Waals surface area contributed by atoms with E-state index in [9.17, 15) is 18.4 Å². The lowest BCUT2D eigenvalue weighted by Crippen LogP contribution is -2.28. The summed E-state index contributed by atoms with van der Waals surface area (Å²) in [6, 6.07) is 7.99. The van der Waals surface area contributed by atoms with Crippen LogP contribution in [0, 0.1) is 17.6 Å². The number of hydrogen-bond donors (Lipinski definition) is 1.